The number of unbranched alkanes of at least 4 members (excludes halogenated alkanes) is 2. The summed E-state index contributed by atoms with van der Waals surface area (Å²) in [5.74, 6) is 0.156. The molecule has 1 aliphatic rings. The highest BCUT2D eigenvalue weighted by atomic mass is 16.5. The summed E-state index contributed by atoms with van der Waals surface area (Å²) in [6.45, 7) is 2.21. The van der Waals surface area contributed by atoms with Gasteiger partial charge in [-0.3, -0.25) is 4.79 Å². The van der Waals surface area contributed by atoms with Gasteiger partial charge in [-0.2, -0.15) is 0 Å². The predicted octanol–water partition coefficient (Wildman–Crippen LogP) is 2.23. The number of nitrogens with one attached hydrogen (secondary N) is 2. The normalized spacial score (nSPS) is 17.1. The summed E-state index contributed by atoms with van der Waals surface area (Å²) in [5, 5.41) is 6.36. The first-order valence-electron chi connectivity index (χ1n) is 7.82. The molecule has 112 valence electrons. The van der Waals surface area contributed by atoms with E-state index in [0.717, 1.165) is 45.3 Å². The van der Waals surface area contributed by atoms with Crippen LogP contribution in [0, 0.1) is 0 Å². The third-order valence-electron chi connectivity index (χ3n) is 3.71. The monoisotopic (exact) mass is 270 g/mol. The summed E-state index contributed by atoms with van der Waals surface area (Å²) in [7, 11) is 1.73. The van der Waals surface area contributed by atoms with E-state index in [1.54, 1.807) is 7.11 Å². The second-order valence-corrected chi connectivity index (χ2v) is 5.49. The average molecular weight is 270 g/mol. The van der Waals surface area contributed by atoms with E-state index >= 15 is 0 Å². The van der Waals surface area contributed by atoms with Crippen LogP contribution in [0.3, 0.4) is 0 Å². The smallest absolute Gasteiger partial charge is 0.234 e. The Kier molecular flexibility index (Phi) is 9.72. The van der Waals surface area contributed by atoms with Gasteiger partial charge < -0.3 is 15.4 Å². The Bertz CT molecular complexity index is 226. The maximum absolute atomic E-state index is 11.8. The number of ether oxygens (including phenoxy) is 1. The lowest BCUT2D eigenvalue weighted by molar-refractivity contribution is -0.121. The van der Waals surface area contributed by atoms with Crippen LogP contribution < -0.4 is 10.6 Å². The number of amides is 1. The standard InChI is InChI=1S/C15H30N2O2/c1-19-12-8-4-7-11-16-13-15(18)17-14-9-5-2-3-6-10-14/h14,16H,2-13H2,1H3,(H,17,18). The zero-order valence-electron chi connectivity index (χ0n) is 12.4. The van der Waals surface area contributed by atoms with Gasteiger partial charge >= 0.3 is 0 Å². The second-order valence-electron chi connectivity index (χ2n) is 5.49. The van der Waals surface area contributed by atoms with Crippen LogP contribution in [0.25, 0.3) is 0 Å². The van der Waals surface area contributed by atoms with Crippen LogP contribution in [0.5, 0.6) is 0 Å². The topological polar surface area (TPSA) is 50.4 Å². The molecule has 0 atom stereocenters. The number of hydrogen-bond acceptors (Lipinski definition) is 3. The molecule has 1 aliphatic carbocycles. The molecule has 0 spiro atoms. The molecule has 1 saturated carbocycles. The van der Waals surface area contributed by atoms with Gasteiger partial charge in [-0.1, -0.05) is 25.7 Å². The third-order valence-corrected chi connectivity index (χ3v) is 3.71. The SMILES string of the molecule is COCCCCCNCC(=O)NC1CCCCCC1. The van der Waals surface area contributed by atoms with E-state index in [1.807, 2.05) is 0 Å². The van der Waals surface area contributed by atoms with Crippen LogP contribution in [-0.2, 0) is 9.53 Å². The average Bonchev–Trinajstić information content (AvgIpc) is 2.66. The van der Waals surface area contributed by atoms with Crippen molar-refractivity contribution in [3.8, 4) is 0 Å². The second kappa shape index (κ2) is 11.2. The zero-order valence-corrected chi connectivity index (χ0v) is 12.4. The van der Waals surface area contributed by atoms with E-state index in [4.69, 9.17) is 4.74 Å². The van der Waals surface area contributed by atoms with E-state index in [0.29, 0.717) is 12.6 Å². The van der Waals surface area contributed by atoms with Crippen LogP contribution >= 0.6 is 0 Å². The molecule has 1 fully saturated rings. The van der Waals surface area contributed by atoms with Crippen LogP contribution in [0.4, 0.5) is 0 Å². The van der Waals surface area contributed by atoms with Gasteiger partial charge in [-0.05, 0) is 38.6 Å². The van der Waals surface area contributed by atoms with E-state index in [9.17, 15) is 4.79 Å². The molecule has 19 heavy (non-hydrogen) atoms. The van der Waals surface area contributed by atoms with Crippen LogP contribution in [0.1, 0.15) is 57.8 Å². The molecule has 0 aliphatic heterocycles. The van der Waals surface area contributed by atoms with Gasteiger partial charge in [0.2, 0.25) is 5.91 Å². The van der Waals surface area contributed by atoms with Crippen molar-refractivity contribution in [2.24, 2.45) is 0 Å². The van der Waals surface area contributed by atoms with Gasteiger partial charge in [0, 0.05) is 19.8 Å². The molecular weight excluding hydrogens is 240 g/mol. The molecule has 0 radical (unpaired) electrons. The van der Waals surface area contributed by atoms with E-state index in [2.05, 4.69) is 10.6 Å². The summed E-state index contributed by atoms with van der Waals surface area (Å²) in [6, 6.07) is 0.415. The van der Waals surface area contributed by atoms with Gasteiger partial charge in [-0.25, -0.2) is 0 Å². The molecule has 0 saturated heterocycles. The van der Waals surface area contributed by atoms with Crippen molar-refractivity contribution in [2.75, 3.05) is 26.8 Å². The molecule has 2 N–H and O–H groups in total. The van der Waals surface area contributed by atoms with Crippen molar-refractivity contribution >= 4 is 5.91 Å². The third kappa shape index (κ3) is 9.00. The predicted molar refractivity (Wildman–Crippen MR) is 78.2 cm³/mol. The Morgan fingerprint density at radius 2 is 1.84 bits per heavy atom. The summed E-state index contributed by atoms with van der Waals surface area (Å²) < 4.78 is 5.00. The quantitative estimate of drug-likeness (QED) is 0.499. The fourth-order valence-corrected chi connectivity index (χ4v) is 2.58. The molecule has 4 heteroatoms. The van der Waals surface area contributed by atoms with Crippen molar-refractivity contribution < 1.29 is 9.53 Å². The van der Waals surface area contributed by atoms with Gasteiger partial charge in [0.1, 0.15) is 0 Å². The van der Waals surface area contributed by atoms with Gasteiger partial charge in [0.15, 0.2) is 0 Å². The molecule has 0 aromatic carbocycles. The van der Waals surface area contributed by atoms with Gasteiger partial charge in [-0.15, -0.1) is 0 Å². The Labute approximate surface area is 117 Å². The number of methoxy groups -OCH3 is 1. The fraction of sp³-hybridized carbons (Fsp3) is 0.933. The molecule has 1 amide bonds. The van der Waals surface area contributed by atoms with Gasteiger partial charge in [0.05, 0.1) is 6.54 Å². The molecule has 1 rings (SSSR count). The first-order chi connectivity index (χ1) is 9.33. The summed E-state index contributed by atoms with van der Waals surface area (Å²) in [5.41, 5.74) is 0. The van der Waals surface area contributed by atoms with E-state index < -0.39 is 0 Å². The van der Waals surface area contributed by atoms with Crippen molar-refractivity contribution in [3.05, 3.63) is 0 Å². The Morgan fingerprint density at radius 1 is 1.11 bits per heavy atom. The minimum atomic E-state index is 0.156. The van der Waals surface area contributed by atoms with Crippen LogP contribution in [0.15, 0.2) is 0 Å². The van der Waals surface area contributed by atoms with Crippen LogP contribution in [-0.4, -0.2) is 38.8 Å². The highest BCUT2D eigenvalue weighted by molar-refractivity contribution is 5.78. The molecule has 0 bridgehead atoms. The highest BCUT2D eigenvalue weighted by Gasteiger charge is 2.13. The first kappa shape index (κ1) is 16.4. The minimum absolute atomic E-state index is 0.156. The molecular formula is C15H30N2O2. The maximum Gasteiger partial charge on any atom is 0.234 e. The number of hydrogen-bond donors (Lipinski definition) is 2. The van der Waals surface area contributed by atoms with Crippen molar-refractivity contribution in [1.29, 1.82) is 0 Å². The van der Waals surface area contributed by atoms with Crippen molar-refractivity contribution in [3.63, 3.8) is 0 Å². The molecule has 0 aromatic rings. The summed E-state index contributed by atoms with van der Waals surface area (Å²) >= 11 is 0. The molecule has 0 aromatic heterocycles. The first-order valence-corrected chi connectivity index (χ1v) is 7.82. The lowest BCUT2D eigenvalue weighted by atomic mass is 10.1. The number of carbonyl (C=O) groups excluding carboxylic acids is 1. The lowest BCUT2D eigenvalue weighted by Gasteiger charge is -2.16. The maximum atomic E-state index is 11.8. The van der Waals surface area contributed by atoms with Crippen molar-refractivity contribution in [2.45, 2.75) is 63.8 Å². The van der Waals surface area contributed by atoms with Crippen LogP contribution in [0.2, 0.25) is 0 Å². The van der Waals surface area contributed by atoms with E-state index in [1.165, 1.54) is 25.7 Å². The Hall–Kier alpha value is -0.610. The van der Waals surface area contributed by atoms with Gasteiger partial charge in [0.25, 0.3) is 0 Å². The van der Waals surface area contributed by atoms with Crippen molar-refractivity contribution in [1.82, 2.24) is 10.6 Å². The highest BCUT2D eigenvalue weighted by Crippen LogP contribution is 2.16. The Morgan fingerprint density at radius 3 is 2.53 bits per heavy atom. The molecule has 0 unspecified atom stereocenters. The Balaban J connectivity index is 1.95. The minimum Gasteiger partial charge on any atom is -0.385 e. The zero-order chi connectivity index (χ0) is 13.8. The molecule has 4 nitrogen and oxygen atoms in total. The summed E-state index contributed by atoms with van der Waals surface area (Å²) in [6.07, 6.45) is 10.9. The number of carbonyl (C=O) groups is 1. The van der Waals surface area contributed by atoms with E-state index in [-0.39, 0.29) is 5.91 Å². The fourth-order valence-electron chi connectivity index (χ4n) is 2.58. The largest absolute Gasteiger partial charge is 0.385 e. The lowest BCUT2D eigenvalue weighted by Crippen LogP contribution is -2.40. The summed E-state index contributed by atoms with van der Waals surface area (Å²) in [4.78, 5) is 11.8. The molecule has 0 heterocycles. The number of rotatable bonds is 9.